The minimum atomic E-state index is 0.217. The second-order valence-electron chi connectivity index (χ2n) is 7.23. The molecule has 0 saturated heterocycles. The van der Waals surface area contributed by atoms with Crippen LogP contribution in [0.15, 0.2) is 97.1 Å². The highest BCUT2D eigenvalue weighted by Gasteiger charge is 2.31. The number of aryl methyl sites for hydroxylation is 1. The Morgan fingerprint density at radius 2 is 1.04 bits per heavy atom. The standard InChI is InChI=1S/C26H20IN/c1-18-10-2-3-11-19(18)20-12-4-5-13-21(20)26-22-14-6-8-16-24(22)28(27)25-17-9-7-15-23(25)26/h2-17,26H,1H3. The number of fused-ring (bicyclic) bond motifs is 2. The van der Waals surface area contributed by atoms with Crippen LogP contribution in [0.4, 0.5) is 11.4 Å². The van der Waals surface area contributed by atoms with Crippen molar-refractivity contribution in [1.29, 1.82) is 0 Å². The number of halogens is 1. The van der Waals surface area contributed by atoms with Gasteiger partial charge in [-0.3, -0.25) is 3.11 Å². The van der Waals surface area contributed by atoms with E-state index in [4.69, 9.17) is 0 Å². The average Bonchev–Trinajstić information content (AvgIpc) is 2.75. The number of anilines is 2. The minimum Gasteiger partial charge on any atom is -0.282 e. The third-order valence-electron chi connectivity index (χ3n) is 5.63. The molecular weight excluding hydrogens is 453 g/mol. The van der Waals surface area contributed by atoms with Gasteiger partial charge in [0.05, 0.1) is 34.2 Å². The molecular formula is C26H20IN. The molecule has 0 aliphatic carbocycles. The summed E-state index contributed by atoms with van der Waals surface area (Å²) in [6.45, 7) is 2.20. The van der Waals surface area contributed by atoms with Gasteiger partial charge in [-0.25, -0.2) is 0 Å². The predicted molar refractivity (Wildman–Crippen MR) is 127 cm³/mol. The number of benzene rings is 4. The van der Waals surface area contributed by atoms with Gasteiger partial charge < -0.3 is 0 Å². The lowest BCUT2D eigenvalue weighted by Crippen LogP contribution is -2.18. The van der Waals surface area contributed by atoms with E-state index in [0.29, 0.717) is 0 Å². The molecule has 4 aromatic carbocycles. The molecule has 0 bridgehead atoms. The maximum absolute atomic E-state index is 2.43. The molecule has 0 atom stereocenters. The fourth-order valence-electron chi connectivity index (χ4n) is 4.32. The second-order valence-corrected chi connectivity index (χ2v) is 8.20. The summed E-state index contributed by atoms with van der Waals surface area (Å²) in [6, 6.07) is 35.1. The van der Waals surface area contributed by atoms with E-state index in [1.807, 2.05) is 0 Å². The Morgan fingerprint density at radius 3 is 1.64 bits per heavy atom. The topological polar surface area (TPSA) is 3.24 Å². The van der Waals surface area contributed by atoms with Gasteiger partial charge in [-0.1, -0.05) is 84.9 Å². The summed E-state index contributed by atoms with van der Waals surface area (Å²) < 4.78 is 2.29. The van der Waals surface area contributed by atoms with Gasteiger partial charge in [0.15, 0.2) is 0 Å². The van der Waals surface area contributed by atoms with Gasteiger partial charge in [-0.05, 0) is 52.4 Å². The fourth-order valence-corrected chi connectivity index (χ4v) is 5.20. The number of para-hydroxylation sites is 2. The Morgan fingerprint density at radius 1 is 0.571 bits per heavy atom. The number of hydrogen-bond acceptors (Lipinski definition) is 1. The molecule has 0 amide bonds. The molecule has 0 aromatic heterocycles. The highest BCUT2D eigenvalue weighted by atomic mass is 127. The number of rotatable bonds is 2. The van der Waals surface area contributed by atoms with Crippen LogP contribution in [0.1, 0.15) is 28.2 Å². The van der Waals surface area contributed by atoms with Crippen LogP contribution in [-0.2, 0) is 0 Å². The first kappa shape index (κ1) is 17.5. The Labute approximate surface area is 180 Å². The number of nitrogens with zero attached hydrogens (tertiary/aromatic N) is 1. The molecule has 0 N–H and O–H groups in total. The maximum Gasteiger partial charge on any atom is 0.0646 e. The van der Waals surface area contributed by atoms with Gasteiger partial charge >= 0.3 is 0 Å². The van der Waals surface area contributed by atoms with Crippen LogP contribution in [0, 0.1) is 6.92 Å². The van der Waals surface area contributed by atoms with E-state index in [1.54, 1.807) is 0 Å². The zero-order valence-corrected chi connectivity index (χ0v) is 17.8. The molecule has 1 aliphatic heterocycles. The summed E-state index contributed by atoms with van der Waals surface area (Å²) in [5.74, 6) is 0.217. The summed E-state index contributed by atoms with van der Waals surface area (Å²) in [6.07, 6.45) is 0. The molecule has 2 heteroatoms. The van der Waals surface area contributed by atoms with Crippen molar-refractivity contribution >= 4 is 34.2 Å². The first-order chi connectivity index (χ1) is 13.8. The van der Waals surface area contributed by atoms with Crippen LogP contribution in [0.3, 0.4) is 0 Å². The summed E-state index contributed by atoms with van der Waals surface area (Å²) in [7, 11) is 0. The van der Waals surface area contributed by atoms with Crippen molar-refractivity contribution < 1.29 is 0 Å². The van der Waals surface area contributed by atoms with Gasteiger partial charge in [0.25, 0.3) is 0 Å². The monoisotopic (exact) mass is 473 g/mol. The smallest absolute Gasteiger partial charge is 0.0646 e. The first-order valence-corrected chi connectivity index (χ1v) is 10.5. The normalized spacial score (nSPS) is 13.1. The van der Waals surface area contributed by atoms with Crippen LogP contribution in [0.5, 0.6) is 0 Å². The molecule has 4 aromatic rings. The summed E-state index contributed by atoms with van der Waals surface area (Å²) in [5.41, 5.74) is 10.6. The Balaban J connectivity index is 1.81. The van der Waals surface area contributed by atoms with E-state index < -0.39 is 0 Å². The summed E-state index contributed by atoms with van der Waals surface area (Å²) in [4.78, 5) is 0. The molecule has 0 spiro atoms. The molecule has 1 nitrogen and oxygen atoms in total. The van der Waals surface area contributed by atoms with Gasteiger partial charge in [0.2, 0.25) is 0 Å². The van der Waals surface area contributed by atoms with E-state index in [2.05, 4.69) is 130 Å². The quantitative estimate of drug-likeness (QED) is 0.214. The third-order valence-corrected chi connectivity index (χ3v) is 6.67. The maximum atomic E-state index is 2.43. The van der Waals surface area contributed by atoms with Crippen molar-refractivity contribution in [2.45, 2.75) is 12.8 Å². The Kier molecular flexibility index (Phi) is 4.44. The Bertz CT molecular complexity index is 1120. The SMILES string of the molecule is Cc1ccccc1-c1ccccc1C1c2ccccc2N(I)c2ccccc21. The largest absolute Gasteiger partial charge is 0.282 e. The van der Waals surface area contributed by atoms with Gasteiger partial charge in [0.1, 0.15) is 0 Å². The van der Waals surface area contributed by atoms with E-state index in [0.717, 1.165) is 0 Å². The Hall–Kier alpha value is -2.59. The molecule has 0 radical (unpaired) electrons. The van der Waals surface area contributed by atoms with E-state index in [1.165, 1.54) is 44.8 Å². The summed E-state index contributed by atoms with van der Waals surface area (Å²) in [5, 5.41) is 0. The van der Waals surface area contributed by atoms with Crippen LogP contribution in [-0.4, -0.2) is 0 Å². The minimum absolute atomic E-state index is 0.217. The second kappa shape index (κ2) is 7.10. The molecule has 1 aliphatic rings. The van der Waals surface area contributed by atoms with Crippen molar-refractivity contribution in [3.63, 3.8) is 0 Å². The van der Waals surface area contributed by atoms with Crippen molar-refractivity contribution in [2.75, 3.05) is 3.11 Å². The van der Waals surface area contributed by atoms with Crippen molar-refractivity contribution in [1.82, 2.24) is 0 Å². The van der Waals surface area contributed by atoms with Crippen LogP contribution in [0.25, 0.3) is 11.1 Å². The van der Waals surface area contributed by atoms with Crippen LogP contribution in [0.2, 0.25) is 0 Å². The van der Waals surface area contributed by atoms with Crippen molar-refractivity contribution in [3.05, 3.63) is 119 Å². The van der Waals surface area contributed by atoms with Gasteiger partial charge in [-0.15, -0.1) is 0 Å². The molecule has 0 fully saturated rings. The first-order valence-electron chi connectivity index (χ1n) is 9.54. The van der Waals surface area contributed by atoms with Crippen molar-refractivity contribution in [2.24, 2.45) is 0 Å². The lowest BCUT2D eigenvalue weighted by Gasteiger charge is -2.35. The van der Waals surface area contributed by atoms with Gasteiger partial charge in [0, 0.05) is 5.92 Å². The molecule has 0 saturated carbocycles. The zero-order valence-electron chi connectivity index (χ0n) is 15.6. The van der Waals surface area contributed by atoms with E-state index in [-0.39, 0.29) is 5.92 Å². The van der Waals surface area contributed by atoms with E-state index >= 15 is 0 Å². The lowest BCUT2D eigenvalue weighted by molar-refractivity contribution is 0.958. The predicted octanol–water partition coefficient (Wildman–Crippen LogP) is 7.64. The summed E-state index contributed by atoms with van der Waals surface area (Å²) >= 11 is 2.43. The lowest BCUT2D eigenvalue weighted by atomic mass is 9.78. The molecule has 0 unspecified atom stereocenters. The highest BCUT2D eigenvalue weighted by molar-refractivity contribution is 14.1. The zero-order chi connectivity index (χ0) is 19.1. The van der Waals surface area contributed by atoms with Crippen LogP contribution >= 0.6 is 22.9 Å². The fraction of sp³-hybridized carbons (Fsp3) is 0.0769. The molecule has 28 heavy (non-hydrogen) atoms. The molecule has 5 rings (SSSR count). The highest BCUT2D eigenvalue weighted by Crippen LogP contribution is 2.51. The molecule has 1 heterocycles. The van der Waals surface area contributed by atoms with Crippen molar-refractivity contribution in [3.8, 4) is 11.1 Å². The van der Waals surface area contributed by atoms with E-state index in [9.17, 15) is 0 Å². The number of hydrogen-bond donors (Lipinski definition) is 0. The average molecular weight is 473 g/mol. The molecule has 136 valence electrons. The van der Waals surface area contributed by atoms with Gasteiger partial charge in [-0.2, -0.15) is 0 Å². The third kappa shape index (κ3) is 2.75. The van der Waals surface area contributed by atoms with Crippen LogP contribution < -0.4 is 3.11 Å².